The third kappa shape index (κ3) is 2.68. The van der Waals surface area contributed by atoms with Crippen LogP contribution in [0, 0.1) is 0 Å². The Balaban J connectivity index is 2.04. The Bertz CT molecular complexity index is 547. The molecule has 0 aliphatic carbocycles. The minimum atomic E-state index is -1.11. The summed E-state index contributed by atoms with van der Waals surface area (Å²) >= 11 is 0. The van der Waals surface area contributed by atoms with E-state index in [1.807, 2.05) is 31.2 Å². The Morgan fingerprint density at radius 2 is 2.22 bits per heavy atom. The molecule has 1 heterocycles. The summed E-state index contributed by atoms with van der Waals surface area (Å²) in [7, 11) is 0. The van der Waals surface area contributed by atoms with Gasteiger partial charge in [-0.25, -0.2) is 4.79 Å². The summed E-state index contributed by atoms with van der Waals surface area (Å²) in [5.74, 6) is 0.0468. The van der Waals surface area contributed by atoms with Gasteiger partial charge in [-0.1, -0.05) is 30.3 Å². The number of benzene rings is 1. The number of aryl methyl sites for hydroxylation is 1. The molecule has 1 N–H and O–H groups in total. The number of aromatic nitrogens is 1. The van der Waals surface area contributed by atoms with E-state index in [0.29, 0.717) is 5.76 Å². The smallest absolute Gasteiger partial charge is 0.358 e. The van der Waals surface area contributed by atoms with Crippen molar-refractivity contribution in [1.29, 1.82) is 0 Å². The summed E-state index contributed by atoms with van der Waals surface area (Å²) in [6.45, 7) is 2.20. The van der Waals surface area contributed by atoms with Gasteiger partial charge in [0.2, 0.25) is 0 Å². The average Bonchev–Trinajstić information content (AvgIpc) is 2.85. The summed E-state index contributed by atoms with van der Waals surface area (Å²) in [4.78, 5) is 10.6. The summed E-state index contributed by atoms with van der Waals surface area (Å²) in [6, 6.07) is 9.04. The number of hydrogen-bond acceptors (Lipinski definition) is 4. The molecule has 0 saturated carbocycles. The van der Waals surface area contributed by atoms with Crippen LogP contribution in [0.25, 0.3) is 0 Å². The molecule has 18 heavy (non-hydrogen) atoms. The molecule has 0 bridgehead atoms. The number of ether oxygens (including phenoxy) is 1. The van der Waals surface area contributed by atoms with E-state index in [2.05, 4.69) is 5.16 Å². The van der Waals surface area contributed by atoms with Crippen LogP contribution < -0.4 is 4.74 Å². The Morgan fingerprint density at radius 1 is 1.44 bits per heavy atom. The molecule has 5 heteroatoms. The van der Waals surface area contributed by atoms with Crippen molar-refractivity contribution >= 4 is 5.97 Å². The third-order valence-corrected chi connectivity index (χ3v) is 2.50. The van der Waals surface area contributed by atoms with E-state index < -0.39 is 5.97 Å². The van der Waals surface area contributed by atoms with E-state index in [0.717, 1.165) is 17.7 Å². The van der Waals surface area contributed by atoms with Crippen molar-refractivity contribution in [1.82, 2.24) is 5.16 Å². The van der Waals surface area contributed by atoms with Gasteiger partial charge in [0.05, 0.1) is 0 Å². The quantitative estimate of drug-likeness (QED) is 0.878. The highest BCUT2D eigenvalue weighted by Gasteiger charge is 2.11. The first-order chi connectivity index (χ1) is 8.70. The lowest BCUT2D eigenvalue weighted by molar-refractivity contribution is 0.0685. The number of para-hydroxylation sites is 1. The molecule has 1 aromatic carbocycles. The standard InChI is InChI=1S/C13H13NO4/c1-2-9-5-3-4-6-12(9)17-8-10-7-11(13(15)16)14-18-10/h3-7H,2,8H2,1H3,(H,15,16). The van der Waals surface area contributed by atoms with Crippen LogP contribution in [0.4, 0.5) is 0 Å². The van der Waals surface area contributed by atoms with Gasteiger partial charge in [-0.15, -0.1) is 0 Å². The zero-order chi connectivity index (χ0) is 13.0. The van der Waals surface area contributed by atoms with E-state index in [1.54, 1.807) is 0 Å². The van der Waals surface area contributed by atoms with Crippen molar-refractivity contribution in [2.24, 2.45) is 0 Å². The average molecular weight is 247 g/mol. The first kappa shape index (κ1) is 12.2. The Kier molecular flexibility index (Phi) is 3.62. The second-order valence-electron chi connectivity index (χ2n) is 3.73. The molecular formula is C13H13NO4. The monoisotopic (exact) mass is 247 g/mol. The maximum atomic E-state index is 10.6. The molecule has 0 spiro atoms. The van der Waals surface area contributed by atoms with Gasteiger partial charge < -0.3 is 14.4 Å². The van der Waals surface area contributed by atoms with Crippen LogP contribution in [0.3, 0.4) is 0 Å². The molecule has 0 unspecified atom stereocenters. The van der Waals surface area contributed by atoms with E-state index in [1.165, 1.54) is 6.07 Å². The van der Waals surface area contributed by atoms with Crippen molar-refractivity contribution in [3.63, 3.8) is 0 Å². The van der Waals surface area contributed by atoms with Gasteiger partial charge in [-0.05, 0) is 18.1 Å². The highest BCUT2D eigenvalue weighted by molar-refractivity contribution is 5.85. The normalized spacial score (nSPS) is 10.3. The number of aromatic carboxylic acids is 1. The third-order valence-electron chi connectivity index (χ3n) is 2.50. The molecule has 0 atom stereocenters. The van der Waals surface area contributed by atoms with Crippen LogP contribution in [-0.4, -0.2) is 16.2 Å². The SMILES string of the molecule is CCc1ccccc1OCc1cc(C(=O)O)no1. The van der Waals surface area contributed by atoms with E-state index >= 15 is 0 Å². The van der Waals surface area contributed by atoms with Crippen molar-refractivity contribution < 1.29 is 19.2 Å². The molecular weight excluding hydrogens is 234 g/mol. The fourth-order valence-electron chi connectivity index (χ4n) is 1.57. The first-order valence-corrected chi connectivity index (χ1v) is 5.60. The zero-order valence-corrected chi connectivity index (χ0v) is 9.92. The lowest BCUT2D eigenvalue weighted by Crippen LogP contribution is -1.97. The number of carboxylic acids is 1. The number of carboxylic acid groups (broad SMARTS) is 1. The van der Waals surface area contributed by atoms with E-state index in [9.17, 15) is 4.79 Å². The number of carbonyl (C=O) groups is 1. The highest BCUT2D eigenvalue weighted by Crippen LogP contribution is 2.19. The van der Waals surface area contributed by atoms with Gasteiger partial charge >= 0.3 is 5.97 Å². The van der Waals surface area contributed by atoms with Gasteiger partial charge in [0, 0.05) is 6.07 Å². The van der Waals surface area contributed by atoms with Gasteiger partial charge in [-0.2, -0.15) is 0 Å². The van der Waals surface area contributed by atoms with Crippen molar-refractivity contribution in [2.75, 3.05) is 0 Å². The van der Waals surface area contributed by atoms with Crippen LogP contribution in [0.15, 0.2) is 34.9 Å². The lowest BCUT2D eigenvalue weighted by atomic mass is 10.1. The molecule has 5 nitrogen and oxygen atoms in total. The van der Waals surface area contributed by atoms with Crippen LogP contribution in [0.1, 0.15) is 28.7 Å². The maximum absolute atomic E-state index is 10.6. The molecule has 0 radical (unpaired) electrons. The van der Waals surface area contributed by atoms with Crippen LogP contribution in [-0.2, 0) is 13.0 Å². The molecule has 0 amide bonds. The second kappa shape index (κ2) is 5.35. The number of hydrogen-bond donors (Lipinski definition) is 1. The van der Waals surface area contributed by atoms with E-state index in [4.69, 9.17) is 14.4 Å². The maximum Gasteiger partial charge on any atom is 0.358 e. The zero-order valence-electron chi connectivity index (χ0n) is 9.92. The molecule has 2 rings (SSSR count). The molecule has 0 aliphatic rings. The van der Waals surface area contributed by atoms with Crippen LogP contribution in [0.5, 0.6) is 5.75 Å². The van der Waals surface area contributed by atoms with Gasteiger partial charge in [0.15, 0.2) is 11.5 Å². The molecule has 0 fully saturated rings. The van der Waals surface area contributed by atoms with Crippen LogP contribution in [0.2, 0.25) is 0 Å². The second-order valence-corrected chi connectivity index (χ2v) is 3.73. The molecule has 2 aromatic rings. The van der Waals surface area contributed by atoms with Gasteiger partial charge in [-0.3, -0.25) is 0 Å². The summed E-state index contributed by atoms with van der Waals surface area (Å²) in [5.41, 5.74) is 0.979. The summed E-state index contributed by atoms with van der Waals surface area (Å²) < 4.78 is 10.4. The van der Waals surface area contributed by atoms with Crippen molar-refractivity contribution in [3.8, 4) is 5.75 Å². The number of nitrogens with zero attached hydrogens (tertiary/aromatic N) is 1. The van der Waals surface area contributed by atoms with Gasteiger partial charge in [0.1, 0.15) is 12.4 Å². The van der Waals surface area contributed by atoms with Crippen LogP contribution >= 0.6 is 0 Å². The van der Waals surface area contributed by atoms with Crippen molar-refractivity contribution in [2.45, 2.75) is 20.0 Å². The van der Waals surface area contributed by atoms with Gasteiger partial charge in [0.25, 0.3) is 0 Å². The van der Waals surface area contributed by atoms with E-state index in [-0.39, 0.29) is 12.3 Å². The predicted octanol–water partition coefficient (Wildman–Crippen LogP) is 2.51. The molecule has 1 aromatic heterocycles. The molecule has 94 valence electrons. The predicted molar refractivity (Wildman–Crippen MR) is 63.6 cm³/mol. The highest BCUT2D eigenvalue weighted by atomic mass is 16.5. The summed E-state index contributed by atoms with van der Waals surface area (Å²) in [6.07, 6.45) is 0.868. The molecule has 0 saturated heterocycles. The largest absolute Gasteiger partial charge is 0.485 e. The minimum Gasteiger partial charge on any atom is -0.485 e. The first-order valence-electron chi connectivity index (χ1n) is 5.60. The summed E-state index contributed by atoms with van der Waals surface area (Å²) in [5, 5.41) is 12.1. The number of rotatable bonds is 5. The fraction of sp³-hybridized carbons (Fsp3) is 0.231. The Hall–Kier alpha value is -2.30. The minimum absolute atomic E-state index is 0.114. The van der Waals surface area contributed by atoms with Crippen molar-refractivity contribution in [3.05, 3.63) is 47.3 Å². The fourth-order valence-corrected chi connectivity index (χ4v) is 1.57. The Morgan fingerprint density at radius 3 is 2.89 bits per heavy atom. The Labute approximate surface area is 104 Å². The lowest BCUT2D eigenvalue weighted by Gasteiger charge is -2.07. The molecule has 0 aliphatic heterocycles. The topological polar surface area (TPSA) is 72.6 Å².